The van der Waals surface area contributed by atoms with Crippen molar-refractivity contribution in [1.29, 1.82) is 0 Å². The molecule has 0 aliphatic heterocycles. The van der Waals surface area contributed by atoms with Gasteiger partial charge in [-0.2, -0.15) is 5.10 Å². The molecule has 0 saturated carbocycles. The summed E-state index contributed by atoms with van der Waals surface area (Å²) in [4.78, 5) is 0. The molecule has 0 unspecified atom stereocenters. The molecule has 1 heterocycles. The molecule has 1 aromatic heterocycles. The first-order chi connectivity index (χ1) is 5.25. The van der Waals surface area contributed by atoms with Gasteiger partial charge in [0.15, 0.2) is 0 Å². The number of aliphatic hydroxyl groups is 1. The van der Waals surface area contributed by atoms with Gasteiger partial charge >= 0.3 is 0 Å². The van der Waals surface area contributed by atoms with Crippen molar-refractivity contribution in [2.24, 2.45) is 0 Å². The summed E-state index contributed by atoms with van der Waals surface area (Å²) in [5, 5.41) is 12.6. The number of hydrogen-bond donors (Lipinski definition) is 1. The van der Waals surface area contributed by atoms with E-state index in [1.807, 2.05) is 18.5 Å². The number of nitrogens with zero attached hydrogens (tertiary/aromatic N) is 2. The number of aryl methyl sites for hydroxylation is 2. The molecule has 61 valence electrons. The topological polar surface area (TPSA) is 38.0 Å². The highest BCUT2D eigenvalue weighted by Crippen LogP contribution is 2.03. The lowest BCUT2D eigenvalue weighted by Crippen LogP contribution is -2.03. The Bertz CT molecular complexity index is 230. The Balaban J connectivity index is 2.63. The van der Waals surface area contributed by atoms with E-state index >= 15 is 0 Å². The van der Waals surface area contributed by atoms with Gasteiger partial charge in [-0.05, 0) is 25.8 Å². The highest BCUT2D eigenvalue weighted by molar-refractivity contribution is 5.11. The summed E-state index contributed by atoms with van der Waals surface area (Å²) in [5.74, 6) is 0. The molecule has 1 radical (unpaired) electrons. The number of aromatic nitrogens is 2. The summed E-state index contributed by atoms with van der Waals surface area (Å²) in [5.41, 5.74) is 2.22. The van der Waals surface area contributed by atoms with Crippen molar-refractivity contribution < 1.29 is 5.11 Å². The third-order valence-electron chi connectivity index (χ3n) is 1.80. The molecule has 11 heavy (non-hydrogen) atoms. The highest BCUT2D eigenvalue weighted by Gasteiger charge is 2.00. The first-order valence-corrected chi connectivity index (χ1v) is 3.78. The van der Waals surface area contributed by atoms with Crippen molar-refractivity contribution in [1.82, 2.24) is 9.78 Å². The number of aliphatic hydroxyl groups excluding tert-OH is 1. The van der Waals surface area contributed by atoms with Crippen molar-refractivity contribution in [3.63, 3.8) is 0 Å². The molecule has 1 aromatic rings. The molecule has 0 bridgehead atoms. The summed E-state index contributed by atoms with van der Waals surface area (Å²) in [7, 11) is 0. The van der Waals surface area contributed by atoms with E-state index in [0.29, 0.717) is 0 Å². The molecule has 0 amide bonds. The van der Waals surface area contributed by atoms with Gasteiger partial charge in [-0.15, -0.1) is 0 Å². The minimum Gasteiger partial charge on any atom is -0.396 e. The molecule has 0 atom stereocenters. The number of rotatable bonds is 3. The molecular weight excluding hydrogens is 140 g/mol. The van der Waals surface area contributed by atoms with E-state index in [1.54, 1.807) is 0 Å². The van der Waals surface area contributed by atoms with Gasteiger partial charge in [0.05, 0.1) is 0 Å². The van der Waals surface area contributed by atoms with Gasteiger partial charge in [0.1, 0.15) is 6.20 Å². The first-order valence-electron chi connectivity index (χ1n) is 3.78. The van der Waals surface area contributed by atoms with E-state index in [1.165, 1.54) is 0 Å². The van der Waals surface area contributed by atoms with Gasteiger partial charge in [-0.3, -0.25) is 4.68 Å². The summed E-state index contributed by atoms with van der Waals surface area (Å²) in [6.07, 6.45) is 3.64. The Labute approximate surface area is 66.7 Å². The van der Waals surface area contributed by atoms with Crippen molar-refractivity contribution in [3.8, 4) is 0 Å². The lowest BCUT2D eigenvalue weighted by atomic mass is 10.3. The quantitative estimate of drug-likeness (QED) is 0.693. The summed E-state index contributed by atoms with van der Waals surface area (Å²) >= 11 is 0. The van der Waals surface area contributed by atoms with Crippen LogP contribution in [0.25, 0.3) is 0 Å². The van der Waals surface area contributed by atoms with E-state index in [-0.39, 0.29) is 6.61 Å². The maximum atomic E-state index is 8.57. The SMILES string of the molecule is Cc1[c]nn(CCCO)c1C. The van der Waals surface area contributed by atoms with Crippen LogP contribution in [0.1, 0.15) is 17.7 Å². The van der Waals surface area contributed by atoms with Crippen LogP contribution < -0.4 is 0 Å². The van der Waals surface area contributed by atoms with Gasteiger partial charge in [0.25, 0.3) is 0 Å². The minimum absolute atomic E-state index is 0.221. The van der Waals surface area contributed by atoms with Gasteiger partial charge in [0.2, 0.25) is 0 Å². The standard InChI is InChI=1S/C8H13N2O/c1-7-6-9-10(8(7)2)4-3-5-11/h11H,3-5H2,1-2H3. The van der Waals surface area contributed by atoms with Crippen LogP contribution in [-0.4, -0.2) is 21.5 Å². The Morgan fingerprint density at radius 1 is 1.55 bits per heavy atom. The van der Waals surface area contributed by atoms with E-state index in [4.69, 9.17) is 5.11 Å². The fraction of sp³-hybridized carbons (Fsp3) is 0.625. The Hall–Kier alpha value is -0.830. The summed E-state index contributed by atoms with van der Waals surface area (Å²) in [6, 6.07) is 0. The molecule has 3 nitrogen and oxygen atoms in total. The van der Waals surface area contributed by atoms with E-state index in [0.717, 1.165) is 24.2 Å². The number of hydrogen-bond acceptors (Lipinski definition) is 2. The van der Waals surface area contributed by atoms with Gasteiger partial charge < -0.3 is 5.11 Å². The average Bonchev–Trinajstić information content (AvgIpc) is 2.31. The third kappa shape index (κ3) is 1.80. The zero-order chi connectivity index (χ0) is 8.27. The molecule has 0 fully saturated rings. The Morgan fingerprint density at radius 3 is 2.73 bits per heavy atom. The molecular formula is C8H13N2O. The maximum Gasteiger partial charge on any atom is 0.116 e. The van der Waals surface area contributed by atoms with E-state index < -0.39 is 0 Å². The van der Waals surface area contributed by atoms with Crippen LogP contribution in [0.4, 0.5) is 0 Å². The summed E-state index contributed by atoms with van der Waals surface area (Å²) in [6.45, 7) is 5.00. The van der Waals surface area contributed by atoms with Crippen molar-refractivity contribution in [3.05, 3.63) is 17.5 Å². The summed E-state index contributed by atoms with van der Waals surface area (Å²) < 4.78 is 1.87. The molecule has 3 heteroatoms. The Morgan fingerprint density at radius 2 is 2.27 bits per heavy atom. The molecule has 0 aliphatic carbocycles. The lowest BCUT2D eigenvalue weighted by molar-refractivity contribution is 0.276. The second-order valence-electron chi connectivity index (χ2n) is 2.62. The zero-order valence-corrected chi connectivity index (χ0v) is 6.96. The second kappa shape index (κ2) is 3.53. The fourth-order valence-corrected chi connectivity index (χ4v) is 0.923. The molecule has 1 N–H and O–H groups in total. The van der Waals surface area contributed by atoms with Crippen LogP contribution in [0.15, 0.2) is 0 Å². The van der Waals surface area contributed by atoms with Gasteiger partial charge in [-0.25, -0.2) is 0 Å². The van der Waals surface area contributed by atoms with Crippen LogP contribution in [0.3, 0.4) is 0 Å². The van der Waals surface area contributed by atoms with Crippen LogP contribution in [0, 0.1) is 20.0 Å². The van der Waals surface area contributed by atoms with Crippen molar-refractivity contribution in [2.45, 2.75) is 26.8 Å². The molecule has 0 aliphatic rings. The van der Waals surface area contributed by atoms with Crippen LogP contribution in [0.2, 0.25) is 0 Å². The molecule has 0 aromatic carbocycles. The van der Waals surface area contributed by atoms with Gasteiger partial charge in [-0.1, -0.05) is 0 Å². The van der Waals surface area contributed by atoms with Crippen molar-refractivity contribution in [2.75, 3.05) is 6.61 Å². The van der Waals surface area contributed by atoms with Crippen LogP contribution in [0.5, 0.6) is 0 Å². The fourth-order valence-electron chi connectivity index (χ4n) is 0.923. The minimum atomic E-state index is 0.221. The van der Waals surface area contributed by atoms with Crippen LogP contribution >= 0.6 is 0 Å². The predicted molar refractivity (Wildman–Crippen MR) is 42.2 cm³/mol. The van der Waals surface area contributed by atoms with Crippen LogP contribution in [-0.2, 0) is 6.54 Å². The Kier molecular flexibility index (Phi) is 2.65. The maximum absolute atomic E-state index is 8.57. The van der Waals surface area contributed by atoms with Crippen molar-refractivity contribution >= 4 is 0 Å². The lowest BCUT2D eigenvalue weighted by Gasteiger charge is -2.01. The normalized spacial score (nSPS) is 10.5. The molecule has 0 spiro atoms. The van der Waals surface area contributed by atoms with Gasteiger partial charge in [0, 0.05) is 18.8 Å². The monoisotopic (exact) mass is 153 g/mol. The molecule has 1 rings (SSSR count). The second-order valence-corrected chi connectivity index (χ2v) is 2.62. The zero-order valence-electron chi connectivity index (χ0n) is 6.96. The van der Waals surface area contributed by atoms with E-state index in [9.17, 15) is 0 Å². The highest BCUT2D eigenvalue weighted by atomic mass is 16.3. The smallest absolute Gasteiger partial charge is 0.116 e. The van der Waals surface area contributed by atoms with E-state index in [2.05, 4.69) is 11.3 Å². The third-order valence-corrected chi connectivity index (χ3v) is 1.80. The average molecular weight is 153 g/mol. The first kappa shape index (κ1) is 8.27. The molecule has 0 saturated heterocycles. The largest absolute Gasteiger partial charge is 0.396 e. The predicted octanol–water partition coefficient (Wildman–Crippen LogP) is 0.683.